The van der Waals surface area contributed by atoms with Crippen molar-refractivity contribution in [1.82, 2.24) is 9.88 Å². The average Bonchev–Trinajstić information content (AvgIpc) is 2.78. The van der Waals surface area contributed by atoms with Gasteiger partial charge >= 0.3 is 0 Å². The Morgan fingerprint density at radius 1 is 1.09 bits per heavy atom. The lowest BCUT2D eigenvalue weighted by molar-refractivity contribution is 0.0562. The smallest absolute Gasteiger partial charge is 0.254 e. The number of ether oxygens (including phenoxy) is 2. The van der Waals surface area contributed by atoms with Crippen molar-refractivity contribution < 1.29 is 18.7 Å². The van der Waals surface area contributed by atoms with Gasteiger partial charge in [-0.15, -0.1) is 0 Å². The lowest BCUT2D eigenvalue weighted by Crippen LogP contribution is -2.47. The summed E-state index contributed by atoms with van der Waals surface area (Å²) in [6.07, 6.45) is 2.13. The quantitative estimate of drug-likeness (QED) is 0.407. The van der Waals surface area contributed by atoms with Gasteiger partial charge < -0.3 is 14.4 Å². The van der Waals surface area contributed by atoms with Gasteiger partial charge in [-0.3, -0.25) is 4.79 Å². The van der Waals surface area contributed by atoms with Gasteiger partial charge in [-0.1, -0.05) is 29.3 Å². The lowest BCUT2D eigenvalue weighted by atomic mass is 9.93. The minimum atomic E-state index is -0.336. The number of hydrogen-bond donors (Lipinski definition) is 0. The zero-order valence-electron chi connectivity index (χ0n) is 19.1. The molecule has 1 atom stereocenters. The summed E-state index contributed by atoms with van der Waals surface area (Å²) in [7, 11) is 0. The van der Waals surface area contributed by atoms with E-state index in [9.17, 15) is 9.18 Å². The van der Waals surface area contributed by atoms with Crippen LogP contribution in [0.5, 0.6) is 11.6 Å². The molecule has 0 N–H and O–H groups in total. The minimum absolute atomic E-state index is 0.219. The largest absolute Gasteiger partial charge is 0.487 e. The summed E-state index contributed by atoms with van der Waals surface area (Å²) >= 11 is 12.1. The zero-order chi connectivity index (χ0) is 24.5. The molecule has 1 aliphatic rings. The molecule has 2 aromatic carbocycles. The number of amides is 1. The van der Waals surface area contributed by atoms with Crippen molar-refractivity contribution in [3.8, 4) is 11.6 Å². The van der Waals surface area contributed by atoms with Gasteiger partial charge in [0.05, 0.1) is 22.3 Å². The fraction of sp³-hybridized carbons (Fsp3) is 0.308. The summed E-state index contributed by atoms with van der Waals surface area (Å²) in [5.41, 5.74) is 1.83. The van der Waals surface area contributed by atoms with E-state index in [0.717, 1.165) is 11.1 Å². The van der Waals surface area contributed by atoms with Crippen LogP contribution in [0.4, 0.5) is 4.39 Å². The van der Waals surface area contributed by atoms with Gasteiger partial charge in [-0.25, -0.2) is 9.37 Å². The van der Waals surface area contributed by atoms with E-state index in [2.05, 4.69) is 4.98 Å². The molecule has 0 bridgehead atoms. The molecule has 1 amide bonds. The highest BCUT2D eigenvalue weighted by Crippen LogP contribution is 2.29. The second-order valence-corrected chi connectivity index (χ2v) is 10.0. The van der Waals surface area contributed by atoms with E-state index in [0.29, 0.717) is 33.7 Å². The molecule has 0 aliphatic carbocycles. The topological polar surface area (TPSA) is 51.7 Å². The summed E-state index contributed by atoms with van der Waals surface area (Å²) in [5, 5.41) is 0.666. The highest BCUT2D eigenvalue weighted by Gasteiger charge is 2.31. The first-order valence-electron chi connectivity index (χ1n) is 10.9. The van der Waals surface area contributed by atoms with Gasteiger partial charge in [0, 0.05) is 18.2 Å². The van der Waals surface area contributed by atoms with E-state index < -0.39 is 0 Å². The third-order valence-corrected chi connectivity index (χ3v) is 6.13. The van der Waals surface area contributed by atoms with Crippen LogP contribution in [0.2, 0.25) is 10.0 Å². The van der Waals surface area contributed by atoms with Crippen molar-refractivity contribution in [3.63, 3.8) is 0 Å². The highest BCUT2D eigenvalue weighted by molar-refractivity contribution is 6.42. The van der Waals surface area contributed by atoms with Crippen LogP contribution in [-0.2, 0) is 13.0 Å². The Kier molecular flexibility index (Phi) is 7.01. The average molecular weight is 503 g/mol. The maximum absolute atomic E-state index is 13.9. The Hall–Kier alpha value is -2.83. The maximum Gasteiger partial charge on any atom is 0.254 e. The van der Waals surface area contributed by atoms with Crippen molar-refractivity contribution in [2.24, 2.45) is 0 Å². The molecule has 1 aliphatic heterocycles. The minimum Gasteiger partial charge on any atom is -0.487 e. The fourth-order valence-corrected chi connectivity index (χ4v) is 4.14. The third-order valence-electron chi connectivity index (χ3n) is 5.39. The predicted molar refractivity (Wildman–Crippen MR) is 130 cm³/mol. The SMILES string of the molecule is CC(C)(C)Oc1ccc(OCC2Cc3ccc(F)cc3CN2C(=O)c2ccc(Cl)c(Cl)c2)nc1. The number of hydrogen-bond acceptors (Lipinski definition) is 4. The number of aromatic nitrogens is 1. The number of carbonyl (C=O) groups excluding carboxylic acids is 1. The molecule has 178 valence electrons. The van der Waals surface area contributed by atoms with Crippen LogP contribution in [0.15, 0.2) is 54.7 Å². The van der Waals surface area contributed by atoms with Crippen LogP contribution in [0, 0.1) is 5.82 Å². The number of nitrogens with zero attached hydrogens (tertiary/aromatic N) is 2. The van der Waals surface area contributed by atoms with Crippen LogP contribution >= 0.6 is 23.2 Å². The van der Waals surface area contributed by atoms with E-state index in [1.165, 1.54) is 12.1 Å². The van der Waals surface area contributed by atoms with Crippen LogP contribution in [-0.4, -0.2) is 34.0 Å². The molecule has 0 fully saturated rings. The van der Waals surface area contributed by atoms with Gasteiger partial charge in [-0.2, -0.15) is 0 Å². The molecule has 0 spiro atoms. The van der Waals surface area contributed by atoms with E-state index in [1.54, 1.807) is 47.5 Å². The van der Waals surface area contributed by atoms with Crippen molar-refractivity contribution in [2.45, 2.75) is 45.4 Å². The number of carbonyl (C=O) groups is 1. The number of benzene rings is 2. The molecule has 0 radical (unpaired) electrons. The molecule has 1 unspecified atom stereocenters. The molecular weight excluding hydrogens is 478 g/mol. The van der Waals surface area contributed by atoms with Crippen molar-refractivity contribution in [1.29, 1.82) is 0 Å². The first kappa shape index (κ1) is 24.3. The monoisotopic (exact) mass is 502 g/mol. The molecule has 0 saturated carbocycles. The van der Waals surface area contributed by atoms with Crippen LogP contribution in [0.25, 0.3) is 0 Å². The second kappa shape index (κ2) is 9.80. The number of pyridine rings is 1. The predicted octanol–water partition coefficient (Wildman–Crippen LogP) is 6.35. The molecule has 5 nitrogen and oxygen atoms in total. The highest BCUT2D eigenvalue weighted by atomic mass is 35.5. The van der Waals surface area contributed by atoms with E-state index >= 15 is 0 Å². The molecule has 2 heterocycles. The third kappa shape index (κ3) is 5.80. The number of fused-ring (bicyclic) bond motifs is 1. The molecule has 3 aromatic rings. The lowest BCUT2D eigenvalue weighted by Gasteiger charge is -2.37. The van der Waals surface area contributed by atoms with Gasteiger partial charge in [-0.05, 0) is 74.7 Å². The zero-order valence-corrected chi connectivity index (χ0v) is 20.7. The van der Waals surface area contributed by atoms with E-state index in [-0.39, 0.29) is 36.5 Å². The number of halogens is 3. The Morgan fingerprint density at radius 2 is 1.88 bits per heavy atom. The first-order chi connectivity index (χ1) is 16.1. The Bertz CT molecular complexity index is 1200. The summed E-state index contributed by atoms with van der Waals surface area (Å²) in [6.45, 7) is 6.36. The van der Waals surface area contributed by atoms with Crippen LogP contribution in [0.1, 0.15) is 42.3 Å². The van der Waals surface area contributed by atoms with Gasteiger partial charge in [0.2, 0.25) is 5.88 Å². The van der Waals surface area contributed by atoms with E-state index in [1.807, 2.05) is 20.8 Å². The van der Waals surface area contributed by atoms with Crippen LogP contribution in [0.3, 0.4) is 0 Å². The van der Waals surface area contributed by atoms with Gasteiger partial charge in [0.1, 0.15) is 23.8 Å². The molecule has 1 aromatic heterocycles. The molecule has 0 saturated heterocycles. The Morgan fingerprint density at radius 3 is 2.56 bits per heavy atom. The van der Waals surface area contributed by atoms with Gasteiger partial charge in [0.25, 0.3) is 5.91 Å². The molecular formula is C26H25Cl2FN2O3. The normalized spacial score (nSPS) is 15.6. The van der Waals surface area contributed by atoms with Crippen molar-refractivity contribution in [3.05, 3.63) is 87.3 Å². The van der Waals surface area contributed by atoms with Crippen LogP contribution < -0.4 is 9.47 Å². The standard InChI is InChI=1S/C26H25Cl2FN2O3/c1-26(2,3)34-21-7-9-24(30-13-21)33-15-20-11-16-4-6-19(29)10-18(16)14-31(20)25(32)17-5-8-22(27)23(28)12-17/h4-10,12-13,20H,11,14-15H2,1-3H3. The molecule has 8 heteroatoms. The molecule has 34 heavy (non-hydrogen) atoms. The summed E-state index contributed by atoms with van der Waals surface area (Å²) < 4.78 is 25.6. The summed E-state index contributed by atoms with van der Waals surface area (Å²) in [5.74, 6) is 0.499. The summed E-state index contributed by atoms with van der Waals surface area (Å²) in [6, 6.07) is 12.7. The Labute approximate surface area is 208 Å². The van der Waals surface area contributed by atoms with Gasteiger partial charge in [0.15, 0.2) is 0 Å². The summed E-state index contributed by atoms with van der Waals surface area (Å²) in [4.78, 5) is 19.4. The van der Waals surface area contributed by atoms with Crippen molar-refractivity contribution in [2.75, 3.05) is 6.61 Å². The Balaban J connectivity index is 1.54. The number of rotatable bonds is 5. The molecule has 4 rings (SSSR count). The maximum atomic E-state index is 13.9. The van der Waals surface area contributed by atoms with Crippen molar-refractivity contribution >= 4 is 29.1 Å². The first-order valence-corrected chi connectivity index (χ1v) is 11.7. The fourth-order valence-electron chi connectivity index (χ4n) is 3.85. The second-order valence-electron chi connectivity index (χ2n) is 9.19. The van der Waals surface area contributed by atoms with E-state index in [4.69, 9.17) is 32.7 Å².